The molecular weight excluding hydrogens is 230 g/mol. The second-order valence-corrected chi connectivity index (χ2v) is 3.98. The minimum atomic E-state index is -0.165. The van der Waals surface area contributed by atoms with E-state index in [1.807, 2.05) is 12.1 Å². The predicted molar refractivity (Wildman–Crippen MR) is 68.1 cm³/mol. The molecule has 0 fully saturated rings. The maximum absolute atomic E-state index is 11.5. The standard InChI is InChI=1S/C14H13NO3/c16-9-10-1-3-12(4-2-10)15-8-11-7-13(17)5-6-14(11)18/h1-7,15-16H,8-9H2. The van der Waals surface area contributed by atoms with Crippen molar-refractivity contribution in [2.45, 2.75) is 6.61 Å². The Labute approximate surface area is 105 Å². The third-order valence-electron chi connectivity index (χ3n) is 2.65. The zero-order chi connectivity index (χ0) is 13.0. The van der Waals surface area contributed by atoms with Crippen LogP contribution in [0.25, 0.3) is 0 Å². The number of allylic oxidation sites excluding steroid dienone is 3. The Morgan fingerprint density at radius 2 is 1.78 bits per heavy atom. The Morgan fingerprint density at radius 3 is 2.44 bits per heavy atom. The quantitative estimate of drug-likeness (QED) is 0.780. The molecule has 2 N–H and O–H groups in total. The first-order chi connectivity index (χ1) is 8.69. The van der Waals surface area contributed by atoms with Gasteiger partial charge in [-0.2, -0.15) is 0 Å². The molecule has 1 aromatic rings. The number of carbonyl (C=O) groups excluding carboxylic acids is 2. The van der Waals surface area contributed by atoms with Gasteiger partial charge in [-0.25, -0.2) is 0 Å². The van der Waals surface area contributed by atoms with Crippen molar-refractivity contribution >= 4 is 17.3 Å². The highest BCUT2D eigenvalue weighted by Gasteiger charge is 2.12. The summed E-state index contributed by atoms with van der Waals surface area (Å²) in [5.74, 6) is -0.309. The summed E-state index contributed by atoms with van der Waals surface area (Å²) in [5, 5.41) is 12.0. The zero-order valence-electron chi connectivity index (χ0n) is 9.72. The third kappa shape index (κ3) is 2.93. The Hall–Kier alpha value is -2.20. The first kappa shape index (κ1) is 12.3. The van der Waals surface area contributed by atoms with Gasteiger partial charge in [-0.05, 0) is 35.9 Å². The first-order valence-corrected chi connectivity index (χ1v) is 5.59. The molecule has 2 rings (SSSR count). The van der Waals surface area contributed by atoms with Crippen molar-refractivity contribution in [2.75, 3.05) is 11.9 Å². The van der Waals surface area contributed by atoms with Gasteiger partial charge in [-0.15, -0.1) is 0 Å². The summed E-state index contributed by atoms with van der Waals surface area (Å²) in [6.45, 7) is 0.316. The molecule has 0 atom stereocenters. The second-order valence-electron chi connectivity index (χ2n) is 3.98. The Bertz CT molecular complexity index is 526. The molecule has 0 radical (unpaired) electrons. The molecule has 0 aromatic heterocycles. The Balaban J connectivity index is 1.98. The molecule has 0 unspecified atom stereocenters. The smallest absolute Gasteiger partial charge is 0.183 e. The van der Waals surface area contributed by atoms with Gasteiger partial charge in [0.15, 0.2) is 11.6 Å². The van der Waals surface area contributed by atoms with E-state index in [4.69, 9.17) is 5.11 Å². The van der Waals surface area contributed by atoms with Crippen LogP contribution in [0.4, 0.5) is 5.69 Å². The Morgan fingerprint density at radius 1 is 1.06 bits per heavy atom. The van der Waals surface area contributed by atoms with Crippen molar-refractivity contribution in [3.05, 3.63) is 53.6 Å². The molecule has 92 valence electrons. The molecule has 0 saturated heterocycles. The van der Waals surface area contributed by atoms with Gasteiger partial charge >= 0.3 is 0 Å². The number of benzene rings is 1. The van der Waals surface area contributed by atoms with Crippen molar-refractivity contribution in [1.29, 1.82) is 0 Å². The van der Waals surface area contributed by atoms with Crippen LogP contribution in [0.3, 0.4) is 0 Å². The Kier molecular flexibility index (Phi) is 3.69. The lowest BCUT2D eigenvalue weighted by atomic mass is 10.0. The van der Waals surface area contributed by atoms with E-state index in [1.165, 1.54) is 18.2 Å². The van der Waals surface area contributed by atoms with E-state index < -0.39 is 0 Å². The topological polar surface area (TPSA) is 66.4 Å². The number of rotatable bonds is 4. The van der Waals surface area contributed by atoms with Gasteiger partial charge in [0.05, 0.1) is 6.61 Å². The molecule has 0 heterocycles. The van der Waals surface area contributed by atoms with Gasteiger partial charge in [0.25, 0.3) is 0 Å². The lowest BCUT2D eigenvalue weighted by Crippen LogP contribution is -2.15. The van der Waals surface area contributed by atoms with E-state index in [2.05, 4.69) is 5.32 Å². The first-order valence-electron chi connectivity index (χ1n) is 5.59. The van der Waals surface area contributed by atoms with Crippen LogP contribution in [0.1, 0.15) is 5.56 Å². The van der Waals surface area contributed by atoms with E-state index >= 15 is 0 Å². The van der Waals surface area contributed by atoms with Crippen LogP contribution in [-0.2, 0) is 16.2 Å². The molecule has 4 nitrogen and oxygen atoms in total. The molecule has 1 aliphatic rings. The number of anilines is 1. The van der Waals surface area contributed by atoms with E-state index in [0.717, 1.165) is 11.3 Å². The van der Waals surface area contributed by atoms with Gasteiger partial charge in [-0.3, -0.25) is 9.59 Å². The summed E-state index contributed by atoms with van der Waals surface area (Å²) in [6.07, 6.45) is 3.90. The van der Waals surface area contributed by atoms with Crippen LogP contribution < -0.4 is 5.32 Å². The second kappa shape index (κ2) is 5.42. The van der Waals surface area contributed by atoms with Crippen molar-refractivity contribution in [2.24, 2.45) is 0 Å². The average molecular weight is 243 g/mol. The monoisotopic (exact) mass is 243 g/mol. The third-order valence-corrected chi connectivity index (χ3v) is 2.65. The summed E-state index contributed by atoms with van der Waals surface area (Å²) in [4.78, 5) is 22.6. The fourth-order valence-corrected chi connectivity index (χ4v) is 1.62. The lowest BCUT2D eigenvalue weighted by molar-refractivity contribution is -0.114. The number of carbonyl (C=O) groups is 2. The number of aliphatic hydroxyl groups excluding tert-OH is 1. The molecule has 4 heteroatoms. The largest absolute Gasteiger partial charge is 0.392 e. The summed E-state index contributed by atoms with van der Waals surface area (Å²) < 4.78 is 0. The van der Waals surface area contributed by atoms with Gasteiger partial charge in [0.2, 0.25) is 0 Å². The summed E-state index contributed by atoms with van der Waals surface area (Å²) in [6, 6.07) is 7.23. The number of aliphatic hydroxyl groups is 1. The molecule has 0 bridgehead atoms. The molecule has 0 saturated carbocycles. The van der Waals surface area contributed by atoms with E-state index in [-0.39, 0.29) is 18.2 Å². The van der Waals surface area contributed by atoms with Gasteiger partial charge in [0.1, 0.15) is 0 Å². The van der Waals surface area contributed by atoms with Crippen LogP contribution >= 0.6 is 0 Å². The SMILES string of the molecule is O=C1C=CC(=O)C(CNc2ccc(CO)cc2)=C1. The highest BCUT2D eigenvalue weighted by molar-refractivity contribution is 6.17. The summed E-state index contributed by atoms with van der Waals surface area (Å²) >= 11 is 0. The van der Waals surface area contributed by atoms with Crippen LogP contribution in [0.2, 0.25) is 0 Å². The van der Waals surface area contributed by atoms with E-state index in [1.54, 1.807) is 12.1 Å². The molecule has 0 aliphatic heterocycles. The highest BCUT2D eigenvalue weighted by Crippen LogP contribution is 2.11. The minimum Gasteiger partial charge on any atom is -0.392 e. The number of ketones is 2. The molecule has 18 heavy (non-hydrogen) atoms. The molecule has 0 amide bonds. The normalized spacial score (nSPS) is 14.6. The fraction of sp³-hybridized carbons (Fsp3) is 0.143. The highest BCUT2D eigenvalue weighted by atomic mass is 16.3. The fourth-order valence-electron chi connectivity index (χ4n) is 1.62. The maximum atomic E-state index is 11.5. The van der Waals surface area contributed by atoms with Gasteiger partial charge in [0, 0.05) is 17.8 Å². The van der Waals surface area contributed by atoms with Crippen LogP contribution in [0.15, 0.2) is 48.1 Å². The molecular formula is C14H13NO3. The van der Waals surface area contributed by atoms with Crippen molar-refractivity contribution in [1.82, 2.24) is 0 Å². The van der Waals surface area contributed by atoms with E-state index in [9.17, 15) is 9.59 Å². The summed E-state index contributed by atoms with van der Waals surface area (Å²) in [5.41, 5.74) is 2.11. The number of nitrogens with one attached hydrogen (secondary N) is 1. The number of hydrogen-bond donors (Lipinski definition) is 2. The lowest BCUT2D eigenvalue weighted by Gasteiger charge is -2.10. The van der Waals surface area contributed by atoms with Crippen LogP contribution in [0.5, 0.6) is 0 Å². The van der Waals surface area contributed by atoms with Crippen LogP contribution in [-0.4, -0.2) is 23.2 Å². The molecule has 1 aromatic carbocycles. The van der Waals surface area contributed by atoms with Gasteiger partial charge < -0.3 is 10.4 Å². The van der Waals surface area contributed by atoms with Crippen molar-refractivity contribution in [3.8, 4) is 0 Å². The average Bonchev–Trinajstić information content (AvgIpc) is 2.40. The summed E-state index contributed by atoms with van der Waals surface area (Å²) in [7, 11) is 0. The molecule has 1 aliphatic carbocycles. The number of hydrogen-bond acceptors (Lipinski definition) is 4. The van der Waals surface area contributed by atoms with Crippen molar-refractivity contribution in [3.63, 3.8) is 0 Å². The van der Waals surface area contributed by atoms with Crippen LogP contribution in [0, 0.1) is 0 Å². The minimum absolute atomic E-state index is 0.00319. The molecule has 0 spiro atoms. The van der Waals surface area contributed by atoms with E-state index in [0.29, 0.717) is 12.1 Å². The zero-order valence-corrected chi connectivity index (χ0v) is 9.72. The maximum Gasteiger partial charge on any atom is 0.183 e. The van der Waals surface area contributed by atoms with Crippen molar-refractivity contribution < 1.29 is 14.7 Å². The predicted octanol–water partition coefficient (Wildman–Crippen LogP) is 1.23. The van der Waals surface area contributed by atoms with Gasteiger partial charge in [-0.1, -0.05) is 12.1 Å².